The Bertz CT molecular complexity index is 236. The molecule has 0 aliphatic heterocycles. The summed E-state index contributed by atoms with van der Waals surface area (Å²) in [6, 6.07) is 0.156. The first-order chi connectivity index (χ1) is 7.62. The maximum atomic E-state index is 9.12. The molecule has 0 aliphatic carbocycles. The van der Waals surface area contributed by atoms with Gasteiger partial charge in [-0.1, -0.05) is 18.2 Å². The highest BCUT2D eigenvalue weighted by atomic mass is 16.5. The molecule has 3 heteroatoms. The van der Waals surface area contributed by atoms with Gasteiger partial charge >= 0.3 is 0 Å². The Morgan fingerprint density at radius 3 is 2.56 bits per heavy atom. The van der Waals surface area contributed by atoms with Crippen molar-refractivity contribution in [2.75, 3.05) is 27.4 Å². The van der Waals surface area contributed by atoms with Crippen molar-refractivity contribution in [3.8, 4) is 0 Å². The highest BCUT2D eigenvalue weighted by Crippen LogP contribution is 2.23. The molecule has 0 fully saturated rings. The van der Waals surface area contributed by atoms with E-state index in [9.17, 15) is 0 Å². The molecule has 3 nitrogen and oxygen atoms in total. The monoisotopic (exact) mass is 227 g/mol. The van der Waals surface area contributed by atoms with Gasteiger partial charge in [0.25, 0.3) is 0 Å². The topological polar surface area (TPSA) is 41.5 Å². The molecule has 0 aromatic heterocycles. The minimum absolute atomic E-state index is 0.156. The molecule has 2 N–H and O–H groups in total. The zero-order chi connectivity index (χ0) is 12.6. The van der Waals surface area contributed by atoms with E-state index in [1.54, 1.807) is 7.11 Å². The zero-order valence-corrected chi connectivity index (χ0v) is 10.9. The van der Waals surface area contributed by atoms with Gasteiger partial charge in [-0.05, 0) is 32.9 Å². The van der Waals surface area contributed by atoms with Gasteiger partial charge in [0.1, 0.15) is 0 Å². The van der Waals surface area contributed by atoms with E-state index < -0.39 is 0 Å². The SMILES string of the molecule is C=C(COC)C(NC)C(CCO)/C(C)=C/C. The van der Waals surface area contributed by atoms with Crippen molar-refractivity contribution in [3.05, 3.63) is 23.8 Å². The molecule has 94 valence electrons. The third-order valence-corrected chi connectivity index (χ3v) is 2.96. The van der Waals surface area contributed by atoms with Crippen molar-refractivity contribution in [2.24, 2.45) is 5.92 Å². The molecule has 0 aromatic rings. The maximum Gasteiger partial charge on any atom is 0.0685 e. The summed E-state index contributed by atoms with van der Waals surface area (Å²) in [6.07, 6.45) is 2.83. The van der Waals surface area contributed by atoms with Gasteiger partial charge in [0, 0.05) is 25.7 Å². The normalized spacial score (nSPS) is 15.9. The predicted octanol–water partition coefficient (Wildman–Crippen LogP) is 1.74. The van der Waals surface area contributed by atoms with Gasteiger partial charge < -0.3 is 15.2 Å². The van der Waals surface area contributed by atoms with Crippen LogP contribution in [-0.2, 0) is 4.74 Å². The van der Waals surface area contributed by atoms with Crippen LogP contribution in [0, 0.1) is 5.92 Å². The van der Waals surface area contributed by atoms with Gasteiger partial charge in [0.2, 0.25) is 0 Å². The van der Waals surface area contributed by atoms with Crippen LogP contribution in [0.3, 0.4) is 0 Å². The quantitative estimate of drug-likeness (QED) is 0.621. The van der Waals surface area contributed by atoms with Gasteiger partial charge in [0.15, 0.2) is 0 Å². The number of aliphatic hydroxyl groups is 1. The van der Waals surface area contributed by atoms with Gasteiger partial charge in [-0.15, -0.1) is 0 Å². The molecule has 2 unspecified atom stereocenters. The van der Waals surface area contributed by atoms with Crippen LogP contribution in [0.15, 0.2) is 23.8 Å². The lowest BCUT2D eigenvalue weighted by molar-refractivity contribution is 0.208. The van der Waals surface area contributed by atoms with Crippen LogP contribution < -0.4 is 5.32 Å². The Labute approximate surface area is 99.2 Å². The van der Waals surface area contributed by atoms with E-state index in [4.69, 9.17) is 9.84 Å². The number of aliphatic hydroxyl groups excluding tert-OH is 1. The largest absolute Gasteiger partial charge is 0.396 e. The lowest BCUT2D eigenvalue weighted by Gasteiger charge is -2.29. The standard InChI is InChI=1S/C13H25NO2/c1-6-10(2)12(7-8-15)13(14-4)11(3)9-16-5/h6,12-15H,3,7-9H2,1-2,4-5H3/b10-6+. The molecule has 0 bridgehead atoms. The van der Waals surface area contributed by atoms with Crippen molar-refractivity contribution in [3.63, 3.8) is 0 Å². The van der Waals surface area contributed by atoms with E-state index in [1.807, 2.05) is 14.0 Å². The second-order valence-electron chi connectivity index (χ2n) is 4.01. The number of allylic oxidation sites excluding steroid dienone is 1. The molecular formula is C13H25NO2. The number of hydrogen-bond acceptors (Lipinski definition) is 3. The number of ether oxygens (including phenoxy) is 1. The van der Waals surface area contributed by atoms with Crippen LogP contribution in [0.5, 0.6) is 0 Å². The minimum Gasteiger partial charge on any atom is -0.396 e. The Morgan fingerprint density at radius 1 is 1.56 bits per heavy atom. The predicted molar refractivity (Wildman–Crippen MR) is 68.5 cm³/mol. The average Bonchev–Trinajstić information content (AvgIpc) is 2.28. The van der Waals surface area contributed by atoms with Crippen LogP contribution in [0.25, 0.3) is 0 Å². The lowest BCUT2D eigenvalue weighted by atomic mass is 9.85. The highest BCUT2D eigenvalue weighted by Gasteiger charge is 2.23. The summed E-state index contributed by atoms with van der Waals surface area (Å²) in [7, 11) is 3.58. The van der Waals surface area contributed by atoms with Gasteiger partial charge in [-0.2, -0.15) is 0 Å². The fourth-order valence-electron chi connectivity index (χ4n) is 1.98. The van der Waals surface area contributed by atoms with Gasteiger partial charge in [-0.25, -0.2) is 0 Å². The zero-order valence-electron chi connectivity index (χ0n) is 10.9. The Morgan fingerprint density at radius 2 is 2.19 bits per heavy atom. The van der Waals surface area contributed by atoms with E-state index in [2.05, 4.69) is 24.9 Å². The molecule has 0 rings (SSSR count). The fraction of sp³-hybridized carbons (Fsp3) is 0.692. The van der Waals surface area contributed by atoms with E-state index >= 15 is 0 Å². The van der Waals surface area contributed by atoms with E-state index in [0.29, 0.717) is 6.61 Å². The highest BCUT2D eigenvalue weighted by molar-refractivity contribution is 5.16. The number of nitrogens with one attached hydrogen (secondary N) is 1. The molecule has 0 aliphatic rings. The first-order valence-corrected chi connectivity index (χ1v) is 5.69. The van der Waals surface area contributed by atoms with E-state index in [-0.39, 0.29) is 18.6 Å². The second-order valence-corrected chi connectivity index (χ2v) is 4.01. The summed E-state index contributed by atoms with van der Waals surface area (Å²) in [5.41, 5.74) is 2.29. The molecule has 0 radical (unpaired) electrons. The van der Waals surface area contributed by atoms with Crippen molar-refractivity contribution in [1.82, 2.24) is 5.32 Å². The number of rotatable bonds is 8. The summed E-state index contributed by atoms with van der Waals surface area (Å²) < 4.78 is 5.11. The van der Waals surface area contributed by atoms with Crippen LogP contribution in [0.4, 0.5) is 0 Å². The van der Waals surface area contributed by atoms with Crippen LogP contribution >= 0.6 is 0 Å². The smallest absolute Gasteiger partial charge is 0.0685 e. The van der Waals surface area contributed by atoms with Crippen LogP contribution in [0.1, 0.15) is 20.3 Å². The molecule has 0 saturated heterocycles. The first kappa shape index (κ1) is 15.4. The van der Waals surface area contributed by atoms with E-state index in [1.165, 1.54) is 5.57 Å². The Hall–Kier alpha value is -0.640. The summed E-state index contributed by atoms with van der Waals surface area (Å²) in [6.45, 7) is 8.88. The van der Waals surface area contributed by atoms with E-state index in [0.717, 1.165) is 12.0 Å². The molecule has 0 aromatic carbocycles. The summed E-state index contributed by atoms with van der Waals surface area (Å²) >= 11 is 0. The van der Waals surface area contributed by atoms with Gasteiger partial charge in [-0.3, -0.25) is 0 Å². The maximum absolute atomic E-state index is 9.12. The van der Waals surface area contributed by atoms with Crippen LogP contribution in [-0.4, -0.2) is 38.5 Å². The molecular weight excluding hydrogens is 202 g/mol. The second kappa shape index (κ2) is 8.50. The fourth-order valence-corrected chi connectivity index (χ4v) is 1.98. The molecule has 0 spiro atoms. The molecule has 0 saturated carbocycles. The Kier molecular flexibility index (Phi) is 8.16. The number of likely N-dealkylation sites (N-methyl/N-ethyl adjacent to an activating group) is 1. The number of hydrogen-bond donors (Lipinski definition) is 2. The Balaban J connectivity index is 4.76. The molecule has 16 heavy (non-hydrogen) atoms. The third kappa shape index (κ3) is 4.47. The average molecular weight is 227 g/mol. The minimum atomic E-state index is 0.156. The van der Waals surface area contributed by atoms with Gasteiger partial charge in [0.05, 0.1) is 6.61 Å². The summed E-state index contributed by atoms with van der Waals surface area (Å²) in [5, 5.41) is 12.4. The third-order valence-electron chi connectivity index (χ3n) is 2.96. The molecule has 2 atom stereocenters. The van der Waals surface area contributed by atoms with Crippen molar-refractivity contribution in [1.29, 1.82) is 0 Å². The van der Waals surface area contributed by atoms with Crippen molar-refractivity contribution >= 4 is 0 Å². The molecule has 0 heterocycles. The van der Waals surface area contributed by atoms with Crippen LogP contribution in [0.2, 0.25) is 0 Å². The lowest BCUT2D eigenvalue weighted by Crippen LogP contribution is -2.37. The van der Waals surface area contributed by atoms with Crippen molar-refractivity contribution in [2.45, 2.75) is 26.3 Å². The van der Waals surface area contributed by atoms with Crippen molar-refractivity contribution < 1.29 is 9.84 Å². The summed E-state index contributed by atoms with van der Waals surface area (Å²) in [4.78, 5) is 0. The molecule has 0 amide bonds. The summed E-state index contributed by atoms with van der Waals surface area (Å²) in [5.74, 6) is 0.280. The number of methoxy groups -OCH3 is 1. The first-order valence-electron chi connectivity index (χ1n) is 5.69.